The van der Waals surface area contributed by atoms with E-state index in [0.29, 0.717) is 0 Å². The van der Waals surface area contributed by atoms with E-state index in [1.165, 1.54) is 13.8 Å². The summed E-state index contributed by atoms with van der Waals surface area (Å²) in [6.07, 6.45) is 0. The van der Waals surface area contributed by atoms with Gasteiger partial charge in [0.05, 0.1) is 11.8 Å². The van der Waals surface area contributed by atoms with Gasteiger partial charge in [0, 0.05) is 0 Å². The van der Waals surface area contributed by atoms with Gasteiger partial charge < -0.3 is 15.1 Å². The fourth-order valence-corrected chi connectivity index (χ4v) is 1.77. The van der Waals surface area contributed by atoms with Crippen molar-refractivity contribution in [2.75, 3.05) is 5.75 Å². The second-order valence-electron chi connectivity index (χ2n) is 3.05. The average molecular weight is 238 g/mol. The minimum atomic E-state index is -4.22. The Labute approximate surface area is 85.6 Å². The monoisotopic (exact) mass is 238 g/mol. The Morgan fingerprint density at radius 3 is 2.50 bits per heavy atom. The van der Waals surface area contributed by atoms with Gasteiger partial charge >= 0.3 is 6.80 Å². The van der Waals surface area contributed by atoms with Crippen molar-refractivity contribution in [2.24, 2.45) is 0 Å². The van der Waals surface area contributed by atoms with Crippen LogP contribution in [-0.4, -0.2) is 27.0 Å². The molecule has 3 N–H and O–H groups in total. The van der Waals surface area contributed by atoms with E-state index < -0.39 is 18.2 Å². The molecule has 0 heterocycles. The molecule has 0 aliphatic carbocycles. The molecule has 0 aromatic carbocycles. The van der Waals surface area contributed by atoms with Gasteiger partial charge in [-0.25, -0.2) is 4.57 Å². The van der Waals surface area contributed by atoms with Crippen LogP contribution in [0.15, 0.2) is 0 Å². The molecule has 0 fully saturated rings. The summed E-state index contributed by atoms with van der Waals surface area (Å²) in [4.78, 5) is 27.9. The van der Waals surface area contributed by atoms with E-state index in [9.17, 15) is 9.36 Å². The number of nitrogens with one attached hydrogen (secondary N) is 1. The first kappa shape index (κ1) is 13.5. The van der Waals surface area contributed by atoms with Crippen LogP contribution in [0.4, 0.5) is 0 Å². The molecule has 0 unspecified atom stereocenters. The Morgan fingerprint density at radius 2 is 2.14 bits per heavy atom. The smallest absolute Gasteiger partial charge is 0.338 e. The Balaban J connectivity index is 4.03. The number of carbonyl (C=O) groups excluding carboxylic acids is 1. The summed E-state index contributed by atoms with van der Waals surface area (Å²) >= 11 is 0.238. The van der Waals surface area contributed by atoms with Crippen LogP contribution >= 0.6 is 18.2 Å². The molecule has 0 spiro atoms. The Bertz CT molecular complexity index is 305. The predicted octanol–water partition coefficient (Wildman–Crippen LogP) is 0.231. The Hall–Kier alpha value is -0.540. The highest BCUT2D eigenvalue weighted by Crippen LogP contribution is 2.49. The lowest BCUT2D eigenvalue weighted by molar-refractivity contribution is -0.119. The maximum Gasteiger partial charge on any atom is 0.384 e. The summed E-state index contributed by atoms with van der Waals surface area (Å²) in [6, 6.07) is 1.83. The molecular weight excluding hydrogens is 227 g/mol. The number of nitrogens with zero attached hydrogens (tertiary/aromatic N) is 1. The highest BCUT2D eigenvalue weighted by Gasteiger charge is 2.22. The van der Waals surface area contributed by atoms with E-state index in [2.05, 4.69) is 5.32 Å². The number of carbonyl (C=O) groups is 1. The summed E-state index contributed by atoms with van der Waals surface area (Å²) in [7, 11) is 0. The number of amides is 1. The minimum absolute atomic E-state index is 0.238. The van der Waals surface area contributed by atoms with Crippen LogP contribution < -0.4 is 5.32 Å². The van der Waals surface area contributed by atoms with Gasteiger partial charge in [-0.05, 0) is 25.2 Å². The summed E-state index contributed by atoms with van der Waals surface area (Å²) < 4.78 is 10.4. The van der Waals surface area contributed by atoms with Crippen LogP contribution in [0.1, 0.15) is 13.8 Å². The molecule has 1 amide bonds. The molecule has 14 heavy (non-hydrogen) atoms. The van der Waals surface area contributed by atoms with E-state index in [0.717, 1.165) is 0 Å². The van der Waals surface area contributed by atoms with Crippen molar-refractivity contribution in [3.63, 3.8) is 0 Å². The molecule has 0 aromatic heterocycles. The lowest BCUT2D eigenvalue weighted by Gasteiger charge is -2.17. The van der Waals surface area contributed by atoms with Crippen molar-refractivity contribution >= 4 is 24.1 Å². The van der Waals surface area contributed by atoms with E-state index in [1.54, 1.807) is 0 Å². The van der Waals surface area contributed by atoms with Gasteiger partial charge in [-0.1, -0.05) is 0 Å². The number of rotatable bonds is 4. The lowest BCUT2D eigenvalue weighted by Crippen LogP contribution is -2.42. The van der Waals surface area contributed by atoms with Gasteiger partial charge in [-0.15, -0.1) is 0 Å². The van der Waals surface area contributed by atoms with E-state index >= 15 is 0 Å². The van der Waals surface area contributed by atoms with Gasteiger partial charge in [0.25, 0.3) is 0 Å². The fraction of sp³-hybridized carbons (Fsp3) is 0.667. The van der Waals surface area contributed by atoms with Gasteiger partial charge in [0.15, 0.2) is 0 Å². The number of hydrogen-bond donors (Lipinski definition) is 3. The molecule has 0 radical (unpaired) electrons. The van der Waals surface area contributed by atoms with Gasteiger partial charge in [0.2, 0.25) is 5.91 Å². The molecule has 0 atom stereocenters. The van der Waals surface area contributed by atoms with Gasteiger partial charge in [-0.3, -0.25) is 4.79 Å². The number of hydrogen-bond acceptors (Lipinski definition) is 4. The van der Waals surface area contributed by atoms with Gasteiger partial charge in [-0.2, -0.15) is 5.26 Å². The first-order valence-electron chi connectivity index (χ1n) is 3.59. The van der Waals surface area contributed by atoms with E-state index in [4.69, 9.17) is 15.0 Å². The quantitative estimate of drug-likeness (QED) is 0.605. The maximum absolute atomic E-state index is 11.0. The zero-order chi connectivity index (χ0) is 11.4. The molecule has 6 nitrogen and oxygen atoms in total. The second kappa shape index (κ2) is 4.80. The van der Waals surface area contributed by atoms with E-state index in [-0.39, 0.29) is 17.1 Å². The number of nitriles is 1. The third-order valence-electron chi connectivity index (χ3n) is 1.10. The normalized spacial score (nSPS) is 11.9. The van der Waals surface area contributed by atoms with Crippen molar-refractivity contribution in [1.82, 2.24) is 5.32 Å². The summed E-state index contributed by atoms with van der Waals surface area (Å²) in [6.45, 7) is -1.23. The standard InChI is InChI=1S/C6H11N2O4PS/c1-6(2,4-7)8-5(9)3-14-13(10,11)12/h3H2,1-2H3,(H,8,9)(H2,10,11,12). The molecule has 0 bridgehead atoms. The lowest BCUT2D eigenvalue weighted by atomic mass is 10.1. The molecule has 0 aromatic rings. The summed E-state index contributed by atoms with van der Waals surface area (Å²) in [5.74, 6) is -0.945. The van der Waals surface area contributed by atoms with Crippen molar-refractivity contribution in [2.45, 2.75) is 19.4 Å². The SMILES string of the molecule is CC(C)(C#N)NC(=O)CSP(=O)(O)O. The Morgan fingerprint density at radius 1 is 1.64 bits per heavy atom. The summed E-state index contributed by atoms with van der Waals surface area (Å²) in [5, 5.41) is 10.9. The molecule has 0 rings (SSSR count). The van der Waals surface area contributed by atoms with Crippen LogP contribution in [0.5, 0.6) is 0 Å². The third-order valence-corrected chi connectivity index (χ3v) is 3.22. The van der Waals surface area contributed by atoms with Crippen LogP contribution in [-0.2, 0) is 9.36 Å². The molecule has 8 heteroatoms. The maximum atomic E-state index is 11.0. The third kappa shape index (κ3) is 6.92. The summed E-state index contributed by atoms with van der Waals surface area (Å²) in [5.41, 5.74) is -1.02. The topological polar surface area (TPSA) is 110 Å². The average Bonchev–Trinajstić information content (AvgIpc) is 1.99. The highest BCUT2D eigenvalue weighted by molar-refractivity contribution is 8.54. The fourth-order valence-electron chi connectivity index (χ4n) is 0.555. The van der Waals surface area contributed by atoms with Crippen LogP contribution in [0.2, 0.25) is 0 Å². The molecule has 0 saturated heterocycles. The molecular formula is C6H11N2O4PS. The van der Waals surface area contributed by atoms with Crippen LogP contribution in [0.25, 0.3) is 0 Å². The van der Waals surface area contributed by atoms with Gasteiger partial charge in [0.1, 0.15) is 5.54 Å². The minimum Gasteiger partial charge on any atom is -0.338 e. The molecule has 0 aliphatic heterocycles. The molecule has 0 saturated carbocycles. The first-order chi connectivity index (χ1) is 6.16. The highest BCUT2D eigenvalue weighted by atomic mass is 32.7. The second-order valence-corrected chi connectivity index (χ2v) is 6.78. The molecule has 0 aliphatic rings. The Kier molecular flexibility index (Phi) is 4.62. The predicted molar refractivity (Wildman–Crippen MR) is 52.3 cm³/mol. The van der Waals surface area contributed by atoms with Crippen molar-refractivity contribution < 1.29 is 19.1 Å². The van der Waals surface area contributed by atoms with Crippen molar-refractivity contribution in [3.8, 4) is 6.07 Å². The van der Waals surface area contributed by atoms with Crippen LogP contribution in [0, 0.1) is 11.3 Å². The molecule has 80 valence electrons. The van der Waals surface area contributed by atoms with Crippen LogP contribution in [0.3, 0.4) is 0 Å². The van der Waals surface area contributed by atoms with Crippen molar-refractivity contribution in [1.29, 1.82) is 5.26 Å². The first-order valence-corrected chi connectivity index (χ1v) is 6.79. The van der Waals surface area contributed by atoms with Crippen molar-refractivity contribution in [3.05, 3.63) is 0 Å². The van der Waals surface area contributed by atoms with E-state index in [1.807, 2.05) is 6.07 Å². The largest absolute Gasteiger partial charge is 0.384 e. The zero-order valence-electron chi connectivity index (χ0n) is 7.72. The zero-order valence-corrected chi connectivity index (χ0v) is 9.43.